The molecule has 1 atom stereocenters. The maximum absolute atomic E-state index is 14.6. The van der Waals surface area contributed by atoms with E-state index in [2.05, 4.69) is 5.32 Å². The second kappa shape index (κ2) is 12.9. The molecule has 3 aromatic rings. The zero-order valence-corrected chi connectivity index (χ0v) is 25.7. The molecule has 3 rings (SSSR count). The van der Waals surface area contributed by atoms with Gasteiger partial charge in [0.1, 0.15) is 18.4 Å². The number of anilines is 1. The van der Waals surface area contributed by atoms with Crippen LogP contribution >= 0.6 is 11.6 Å². The van der Waals surface area contributed by atoms with Crippen molar-refractivity contribution < 1.29 is 35.6 Å². The summed E-state index contributed by atoms with van der Waals surface area (Å²) in [5.41, 5.74) is -1.71. The van der Waals surface area contributed by atoms with Gasteiger partial charge in [-0.2, -0.15) is 13.2 Å². The number of hydrogen-bond acceptors (Lipinski definition) is 4. The van der Waals surface area contributed by atoms with Crippen LogP contribution in [0.5, 0.6) is 0 Å². The zero-order valence-electron chi connectivity index (χ0n) is 24.2. The van der Waals surface area contributed by atoms with Crippen molar-refractivity contribution in [3.63, 3.8) is 0 Å². The molecule has 2 amide bonds. The highest BCUT2D eigenvalue weighted by molar-refractivity contribution is 7.92. The summed E-state index contributed by atoms with van der Waals surface area (Å²) in [5.74, 6) is -2.23. The summed E-state index contributed by atoms with van der Waals surface area (Å²) in [6.45, 7) is 6.84. The minimum absolute atomic E-state index is 0.0463. The van der Waals surface area contributed by atoms with Crippen molar-refractivity contribution in [1.29, 1.82) is 0 Å². The van der Waals surface area contributed by atoms with Crippen molar-refractivity contribution in [3.8, 4) is 0 Å². The molecule has 0 aromatic heterocycles. The van der Waals surface area contributed by atoms with Gasteiger partial charge in [0.15, 0.2) is 0 Å². The molecule has 232 valence electrons. The van der Waals surface area contributed by atoms with Crippen LogP contribution in [0.25, 0.3) is 0 Å². The largest absolute Gasteiger partial charge is 0.417 e. The number of carbonyl (C=O) groups excluding carboxylic acids is 2. The number of nitrogens with one attached hydrogen (secondary N) is 1. The van der Waals surface area contributed by atoms with Crippen molar-refractivity contribution in [1.82, 2.24) is 10.2 Å². The topological polar surface area (TPSA) is 86.8 Å². The fraction of sp³-hybridized carbons (Fsp3) is 0.333. The predicted octanol–water partition coefficient (Wildman–Crippen LogP) is 6.33. The third-order valence-corrected chi connectivity index (χ3v) is 8.51. The van der Waals surface area contributed by atoms with E-state index >= 15 is 0 Å². The monoisotopic (exact) mass is 641 g/mol. The van der Waals surface area contributed by atoms with E-state index in [0.717, 1.165) is 22.6 Å². The zero-order chi connectivity index (χ0) is 32.3. The second-order valence-corrected chi connectivity index (χ2v) is 13.3. The maximum Gasteiger partial charge on any atom is 0.417 e. The standard InChI is InChI=1S/C30H32ClF4N3O4S/c1-19-10-13-23(14-11-19)43(41,42)38(22-12-15-25(31)24(16-22)30(33,34)35)18-27(39)37(17-21-8-6-7-9-26(21)32)20(2)28(40)36-29(3,4)5/h6-16,20H,17-18H2,1-5H3,(H,36,40)/t20-/m1/s1. The summed E-state index contributed by atoms with van der Waals surface area (Å²) >= 11 is 5.78. The SMILES string of the molecule is Cc1ccc(S(=O)(=O)N(CC(=O)N(Cc2ccccc2F)[C@H](C)C(=O)NC(C)(C)C)c2ccc(Cl)c(C(F)(F)F)c2)cc1. The number of halogens is 5. The second-order valence-electron chi connectivity index (χ2n) is 11.0. The highest BCUT2D eigenvalue weighted by Crippen LogP contribution is 2.38. The molecule has 0 aliphatic rings. The Balaban J connectivity index is 2.14. The average molecular weight is 642 g/mol. The molecular formula is C30H32ClF4N3O4S. The molecule has 0 aliphatic carbocycles. The summed E-state index contributed by atoms with van der Waals surface area (Å²) in [6, 6.07) is 12.3. The highest BCUT2D eigenvalue weighted by atomic mass is 35.5. The van der Waals surface area contributed by atoms with Gasteiger partial charge in [-0.05, 0) is 71.0 Å². The van der Waals surface area contributed by atoms with Crippen molar-refractivity contribution in [2.45, 2.75) is 63.8 Å². The molecule has 0 spiro atoms. The third-order valence-electron chi connectivity index (χ3n) is 6.40. The van der Waals surface area contributed by atoms with Gasteiger partial charge in [0.2, 0.25) is 11.8 Å². The van der Waals surface area contributed by atoms with Crippen molar-refractivity contribution in [3.05, 3.63) is 94.3 Å². The Bertz CT molecular complexity index is 1590. The number of rotatable bonds is 9. The molecule has 3 aromatic carbocycles. The van der Waals surface area contributed by atoms with E-state index < -0.39 is 74.8 Å². The molecule has 0 bridgehead atoms. The number of alkyl halides is 3. The Kier molecular flexibility index (Phi) is 10.2. The summed E-state index contributed by atoms with van der Waals surface area (Å²) in [5, 5.41) is 2.07. The lowest BCUT2D eigenvalue weighted by Gasteiger charge is -2.33. The van der Waals surface area contributed by atoms with Crippen LogP contribution in [0.15, 0.2) is 71.6 Å². The first-order valence-corrected chi connectivity index (χ1v) is 14.9. The smallest absolute Gasteiger partial charge is 0.350 e. The van der Waals surface area contributed by atoms with E-state index in [1.54, 1.807) is 27.7 Å². The number of amides is 2. The normalized spacial score (nSPS) is 12.9. The van der Waals surface area contributed by atoms with E-state index in [0.29, 0.717) is 10.4 Å². The molecule has 13 heteroatoms. The van der Waals surface area contributed by atoms with E-state index in [1.807, 2.05) is 0 Å². The van der Waals surface area contributed by atoms with Crippen LogP contribution in [0.2, 0.25) is 5.02 Å². The summed E-state index contributed by atoms with van der Waals surface area (Å²) in [4.78, 5) is 27.7. The van der Waals surface area contributed by atoms with Crippen molar-refractivity contribution in [2.24, 2.45) is 0 Å². The molecule has 0 saturated heterocycles. The van der Waals surface area contributed by atoms with E-state index in [1.165, 1.54) is 55.5 Å². The minimum Gasteiger partial charge on any atom is -0.350 e. The van der Waals surface area contributed by atoms with Crippen LogP contribution in [0, 0.1) is 12.7 Å². The Hall–Kier alpha value is -3.64. The molecule has 0 unspecified atom stereocenters. The van der Waals surface area contributed by atoms with Crippen LogP contribution in [0.3, 0.4) is 0 Å². The first-order valence-electron chi connectivity index (χ1n) is 13.1. The van der Waals surface area contributed by atoms with Gasteiger partial charge in [-0.3, -0.25) is 13.9 Å². The molecule has 1 N–H and O–H groups in total. The molecule has 0 heterocycles. The molecule has 0 aliphatic heterocycles. The van der Waals surface area contributed by atoms with Crippen LogP contribution in [-0.2, 0) is 32.3 Å². The van der Waals surface area contributed by atoms with Crippen LogP contribution < -0.4 is 9.62 Å². The summed E-state index contributed by atoms with van der Waals surface area (Å²) < 4.78 is 84.1. The van der Waals surface area contributed by atoms with Gasteiger partial charge in [-0.1, -0.05) is 47.5 Å². The van der Waals surface area contributed by atoms with Gasteiger partial charge in [-0.25, -0.2) is 12.8 Å². The molecule has 0 saturated carbocycles. The Morgan fingerprint density at radius 3 is 2.14 bits per heavy atom. The molecular weight excluding hydrogens is 610 g/mol. The molecule has 0 fully saturated rings. The lowest BCUT2D eigenvalue weighted by atomic mass is 10.1. The Labute approximate surface area is 253 Å². The third kappa shape index (κ3) is 8.47. The quantitative estimate of drug-likeness (QED) is 0.277. The van der Waals surface area contributed by atoms with Crippen molar-refractivity contribution >= 4 is 39.1 Å². The van der Waals surface area contributed by atoms with Crippen LogP contribution in [0.4, 0.5) is 23.2 Å². The number of carbonyl (C=O) groups is 2. The van der Waals surface area contributed by atoms with Gasteiger partial charge in [0.25, 0.3) is 10.0 Å². The van der Waals surface area contributed by atoms with Crippen molar-refractivity contribution in [2.75, 3.05) is 10.8 Å². The molecule has 0 radical (unpaired) electrons. The summed E-state index contributed by atoms with van der Waals surface area (Å²) in [7, 11) is -4.63. The number of sulfonamides is 1. The minimum atomic E-state index is -4.92. The van der Waals surface area contributed by atoms with E-state index in [4.69, 9.17) is 11.6 Å². The number of hydrogen-bond donors (Lipinski definition) is 1. The predicted molar refractivity (Wildman–Crippen MR) is 156 cm³/mol. The Morgan fingerprint density at radius 1 is 0.977 bits per heavy atom. The number of nitrogens with zero attached hydrogens (tertiary/aromatic N) is 2. The fourth-order valence-electron chi connectivity index (χ4n) is 4.12. The number of benzene rings is 3. The fourth-order valence-corrected chi connectivity index (χ4v) is 5.75. The first kappa shape index (κ1) is 33.9. The van der Waals surface area contributed by atoms with Gasteiger partial charge >= 0.3 is 6.18 Å². The van der Waals surface area contributed by atoms with E-state index in [-0.39, 0.29) is 10.5 Å². The molecule has 7 nitrogen and oxygen atoms in total. The van der Waals surface area contributed by atoms with Crippen LogP contribution in [-0.4, -0.2) is 43.3 Å². The number of aryl methyl sites for hydroxylation is 1. The van der Waals surface area contributed by atoms with Gasteiger partial charge in [-0.15, -0.1) is 0 Å². The van der Waals surface area contributed by atoms with Gasteiger partial charge < -0.3 is 10.2 Å². The lowest BCUT2D eigenvalue weighted by molar-refractivity contribution is -0.140. The lowest BCUT2D eigenvalue weighted by Crippen LogP contribution is -2.54. The highest BCUT2D eigenvalue weighted by Gasteiger charge is 2.37. The maximum atomic E-state index is 14.6. The van der Waals surface area contributed by atoms with Gasteiger partial charge in [0.05, 0.1) is 21.2 Å². The van der Waals surface area contributed by atoms with E-state index in [9.17, 15) is 35.6 Å². The Morgan fingerprint density at radius 2 is 1.58 bits per heavy atom. The molecule has 43 heavy (non-hydrogen) atoms. The first-order chi connectivity index (χ1) is 19.8. The summed E-state index contributed by atoms with van der Waals surface area (Å²) in [6.07, 6.45) is -4.92. The van der Waals surface area contributed by atoms with Crippen LogP contribution in [0.1, 0.15) is 44.4 Å². The average Bonchev–Trinajstić information content (AvgIpc) is 2.89. The van der Waals surface area contributed by atoms with Gasteiger partial charge in [0, 0.05) is 17.6 Å².